The van der Waals surface area contributed by atoms with Crippen molar-refractivity contribution in [3.05, 3.63) is 11.1 Å². The first-order chi connectivity index (χ1) is 8.91. The molecule has 0 aromatic rings. The number of rotatable bonds is 0. The zero-order chi connectivity index (χ0) is 13.5. The lowest BCUT2D eigenvalue weighted by atomic mass is 9.46. The van der Waals surface area contributed by atoms with Gasteiger partial charge in [-0.2, -0.15) is 0 Å². The van der Waals surface area contributed by atoms with Gasteiger partial charge < -0.3 is 9.47 Å². The molecule has 1 heterocycles. The fourth-order valence-electron chi connectivity index (χ4n) is 5.02. The van der Waals surface area contributed by atoms with Gasteiger partial charge in [-0.3, -0.25) is 4.79 Å². The molecule has 0 amide bonds. The summed E-state index contributed by atoms with van der Waals surface area (Å²) in [6.07, 6.45) is 4.08. The lowest BCUT2D eigenvalue weighted by Crippen LogP contribution is -2.67. The van der Waals surface area contributed by atoms with E-state index < -0.39 is 0 Å². The van der Waals surface area contributed by atoms with Crippen molar-refractivity contribution in [3.63, 3.8) is 0 Å². The van der Waals surface area contributed by atoms with Crippen molar-refractivity contribution in [2.45, 2.75) is 52.1 Å². The Balaban J connectivity index is 1.84. The summed E-state index contributed by atoms with van der Waals surface area (Å²) in [5, 5.41) is 0. The normalized spacial score (nSPS) is 47.3. The topological polar surface area (TPSA) is 35.5 Å². The summed E-state index contributed by atoms with van der Waals surface area (Å²) in [7, 11) is 0. The van der Waals surface area contributed by atoms with Gasteiger partial charge in [-0.1, -0.05) is 26.3 Å². The standard InChI is InChI=1S/C16H22O3/c1-14(2)7-12-11(13(14)17)6-10-8-18-9-19-16(10)5-4-15(12,16)3/h10H,4-9H2,1-3H3/t10-,15-,16-/m0/s1. The summed E-state index contributed by atoms with van der Waals surface area (Å²) in [5.41, 5.74) is 2.36. The molecule has 0 N–H and O–H groups in total. The largest absolute Gasteiger partial charge is 0.355 e. The molecule has 0 aromatic heterocycles. The van der Waals surface area contributed by atoms with Gasteiger partial charge in [-0.05, 0) is 31.3 Å². The van der Waals surface area contributed by atoms with Gasteiger partial charge in [0.05, 0.1) is 12.2 Å². The van der Waals surface area contributed by atoms with Crippen LogP contribution in [-0.4, -0.2) is 24.8 Å². The number of allylic oxidation sites excluding steroid dienone is 1. The minimum atomic E-state index is -0.210. The predicted octanol–water partition coefficient (Wildman–Crippen LogP) is 2.85. The zero-order valence-electron chi connectivity index (χ0n) is 12.0. The molecule has 0 bridgehead atoms. The lowest BCUT2D eigenvalue weighted by Gasteiger charge is -2.65. The van der Waals surface area contributed by atoms with Crippen LogP contribution in [0.3, 0.4) is 0 Å². The van der Waals surface area contributed by atoms with Gasteiger partial charge in [0.2, 0.25) is 0 Å². The zero-order valence-corrected chi connectivity index (χ0v) is 12.0. The quantitative estimate of drug-likeness (QED) is 0.673. The van der Waals surface area contributed by atoms with Gasteiger partial charge in [0.25, 0.3) is 0 Å². The second-order valence-corrected chi connectivity index (χ2v) is 7.60. The van der Waals surface area contributed by atoms with E-state index in [4.69, 9.17) is 9.47 Å². The summed E-state index contributed by atoms with van der Waals surface area (Å²) in [4.78, 5) is 12.6. The van der Waals surface area contributed by atoms with E-state index in [-0.39, 0.29) is 16.4 Å². The second-order valence-electron chi connectivity index (χ2n) is 7.60. The van der Waals surface area contributed by atoms with Crippen molar-refractivity contribution >= 4 is 5.78 Å². The van der Waals surface area contributed by atoms with E-state index in [1.54, 1.807) is 0 Å². The van der Waals surface area contributed by atoms with Crippen LogP contribution >= 0.6 is 0 Å². The molecule has 4 rings (SSSR count). The summed E-state index contributed by atoms with van der Waals surface area (Å²) < 4.78 is 11.6. The first-order valence-corrected chi connectivity index (χ1v) is 7.40. The van der Waals surface area contributed by atoms with E-state index in [0.29, 0.717) is 18.5 Å². The average Bonchev–Trinajstić information content (AvgIpc) is 2.60. The maximum absolute atomic E-state index is 12.6. The molecular formula is C16H22O3. The molecular weight excluding hydrogens is 240 g/mol. The van der Waals surface area contributed by atoms with E-state index >= 15 is 0 Å². The van der Waals surface area contributed by atoms with Crippen LogP contribution in [0.15, 0.2) is 11.1 Å². The van der Waals surface area contributed by atoms with Gasteiger partial charge in [0.15, 0.2) is 5.78 Å². The Morgan fingerprint density at radius 3 is 2.68 bits per heavy atom. The third kappa shape index (κ3) is 1.20. The molecule has 2 fully saturated rings. The van der Waals surface area contributed by atoms with Gasteiger partial charge in [0.1, 0.15) is 6.79 Å². The predicted molar refractivity (Wildman–Crippen MR) is 70.5 cm³/mol. The van der Waals surface area contributed by atoms with Crippen LogP contribution in [-0.2, 0) is 14.3 Å². The number of carbonyl (C=O) groups is 1. The fourth-order valence-corrected chi connectivity index (χ4v) is 5.02. The smallest absolute Gasteiger partial charge is 0.164 e. The highest BCUT2D eigenvalue weighted by molar-refractivity contribution is 6.03. The maximum atomic E-state index is 12.6. The van der Waals surface area contributed by atoms with Crippen LogP contribution < -0.4 is 0 Å². The summed E-state index contributed by atoms with van der Waals surface area (Å²) in [6.45, 7) is 7.66. The minimum absolute atomic E-state index is 0.0369. The van der Waals surface area contributed by atoms with Crippen molar-refractivity contribution in [2.24, 2.45) is 16.7 Å². The van der Waals surface area contributed by atoms with Gasteiger partial charge in [-0.25, -0.2) is 0 Å². The fraction of sp³-hybridized carbons (Fsp3) is 0.812. The van der Waals surface area contributed by atoms with Crippen LogP contribution in [0.1, 0.15) is 46.5 Å². The Morgan fingerprint density at radius 2 is 2.00 bits per heavy atom. The molecule has 19 heavy (non-hydrogen) atoms. The van der Waals surface area contributed by atoms with Crippen molar-refractivity contribution in [3.8, 4) is 0 Å². The van der Waals surface area contributed by atoms with E-state index in [9.17, 15) is 4.79 Å². The number of hydrogen-bond donors (Lipinski definition) is 0. The van der Waals surface area contributed by atoms with Crippen LogP contribution in [0.4, 0.5) is 0 Å². The highest BCUT2D eigenvalue weighted by Crippen LogP contribution is 2.68. The Labute approximate surface area is 114 Å². The van der Waals surface area contributed by atoms with Crippen LogP contribution in [0.2, 0.25) is 0 Å². The molecule has 1 saturated heterocycles. The van der Waals surface area contributed by atoms with Crippen LogP contribution in [0, 0.1) is 16.7 Å². The van der Waals surface area contributed by atoms with Gasteiger partial charge in [0, 0.05) is 16.7 Å². The van der Waals surface area contributed by atoms with Crippen molar-refractivity contribution in [2.75, 3.05) is 13.4 Å². The Morgan fingerprint density at radius 1 is 1.21 bits per heavy atom. The van der Waals surface area contributed by atoms with Crippen LogP contribution in [0.5, 0.6) is 0 Å². The Hall–Kier alpha value is -0.670. The SMILES string of the molecule is CC1(C)CC2=C(C[C@H]3COCO[C@@]34CC[C@@]24C)C1=O. The number of fused-ring (bicyclic) bond motifs is 1. The molecule has 0 unspecified atom stereocenters. The Bertz CT molecular complexity index is 504. The van der Waals surface area contributed by atoms with E-state index in [2.05, 4.69) is 20.8 Å². The third-order valence-corrected chi connectivity index (χ3v) is 6.30. The van der Waals surface area contributed by atoms with E-state index in [0.717, 1.165) is 37.9 Å². The monoisotopic (exact) mass is 262 g/mol. The maximum Gasteiger partial charge on any atom is 0.164 e. The van der Waals surface area contributed by atoms with Crippen molar-refractivity contribution in [1.29, 1.82) is 0 Å². The van der Waals surface area contributed by atoms with E-state index in [1.807, 2.05) is 0 Å². The molecule has 1 aliphatic heterocycles. The number of carbonyl (C=O) groups excluding carboxylic acids is 1. The molecule has 0 aromatic carbocycles. The first-order valence-electron chi connectivity index (χ1n) is 7.40. The second kappa shape index (κ2) is 3.32. The molecule has 1 spiro atoms. The highest BCUT2D eigenvalue weighted by atomic mass is 16.7. The molecule has 3 nitrogen and oxygen atoms in total. The molecule has 0 radical (unpaired) electrons. The summed E-state index contributed by atoms with van der Waals surface area (Å²) in [6, 6.07) is 0. The first kappa shape index (κ1) is 12.1. The summed E-state index contributed by atoms with van der Waals surface area (Å²) in [5.74, 6) is 0.742. The minimum Gasteiger partial charge on any atom is -0.355 e. The number of ether oxygens (including phenoxy) is 2. The van der Waals surface area contributed by atoms with E-state index in [1.165, 1.54) is 5.57 Å². The molecule has 3 heteroatoms. The van der Waals surface area contributed by atoms with Crippen molar-refractivity contribution < 1.29 is 14.3 Å². The molecule has 104 valence electrons. The third-order valence-electron chi connectivity index (χ3n) is 6.30. The van der Waals surface area contributed by atoms with Gasteiger partial charge in [-0.15, -0.1) is 0 Å². The highest BCUT2D eigenvalue weighted by Gasteiger charge is 2.68. The van der Waals surface area contributed by atoms with Crippen molar-refractivity contribution in [1.82, 2.24) is 0 Å². The number of hydrogen-bond acceptors (Lipinski definition) is 3. The number of ketones is 1. The molecule has 3 aliphatic carbocycles. The number of Topliss-reactive ketones (excluding diaryl/α,β-unsaturated/α-hetero) is 1. The molecule has 4 aliphatic rings. The van der Waals surface area contributed by atoms with Gasteiger partial charge >= 0.3 is 0 Å². The summed E-state index contributed by atoms with van der Waals surface area (Å²) >= 11 is 0. The average molecular weight is 262 g/mol. The lowest BCUT2D eigenvalue weighted by molar-refractivity contribution is -0.303. The van der Waals surface area contributed by atoms with Crippen LogP contribution in [0.25, 0.3) is 0 Å². The Kier molecular flexibility index (Phi) is 2.11. The molecule has 3 atom stereocenters. The molecule has 1 saturated carbocycles.